The summed E-state index contributed by atoms with van der Waals surface area (Å²) in [6, 6.07) is 2.50. The molecule has 3 heteroatoms. The Hall–Kier alpha value is -0.0500. The number of halogens is 1. The fraction of sp³-hybridized carbons (Fsp3) is 0.765. The van der Waals surface area contributed by atoms with Crippen molar-refractivity contribution in [3.8, 4) is 0 Å². The Morgan fingerprint density at radius 3 is 2.55 bits per heavy atom. The summed E-state index contributed by atoms with van der Waals surface area (Å²) in [5.41, 5.74) is 0.415. The quantitative estimate of drug-likeness (QED) is 0.646. The number of hydrogen-bond acceptors (Lipinski definition) is 2. The molecule has 0 radical (unpaired) electrons. The molecule has 1 unspecified atom stereocenters. The molecule has 1 N–H and O–H groups in total. The molecule has 20 heavy (non-hydrogen) atoms. The molecular formula is C17H28ClNS. The van der Waals surface area contributed by atoms with Crippen LogP contribution < -0.4 is 5.32 Å². The maximum atomic E-state index is 6.46. The molecule has 1 aliphatic carbocycles. The van der Waals surface area contributed by atoms with E-state index in [1.165, 1.54) is 43.4 Å². The minimum atomic E-state index is 0.415. The van der Waals surface area contributed by atoms with E-state index in [4.69, 9.17) is 11.6 Å². The third-order valence-electron chi connectivity index (χ3n) is 4.53. The van der Waals surface area contributed by atoms with Gasteiger partial charge in [-0.05, 0) is 55.0 Å². The molecule has 1 atom stereocenters. The van der Waals surface area contributed by atoms with Gasteiger partial charge in [0.2, 0.25) is 0 Å². The lowest BCUT2D eigenvalue weighted by molar-refractivity contribution is 0.158. The highest BCUT2D eigenvalue weighted by Crippen LogP contribution is 2.53. The zero-order chi connectivity index (χ0) is 14.6. The second-order valence-corrected chi connectivity index (χ2v) is 8.04. The molecule has 1 fully saturated rings. The van der Waals surface area contributed by atoms with Crippen molar-refractivity contribution < 1.29 is 0 Å². The summed E-state index contributed by atoms with van der Waals surface area (Å²) in [5.74, 6) is 0.748. The zero-order valence-corrected chi connectivity index (χ0v) is 14.6. The van der Waals surface area contributed by atoms with Crippen molar-refractivity contribution in [1.82, 2.24) is 5.32 Å². The van der Waals surface area contributed by atoms with Crippen LogP contribution in [0.1, 0.15) is 70.2 Å². The minimum absolute atomic E-state index is 0.415. The molecule has 0 saturated heterocycles. The van der Waals surface area contributed by atoms with Crippen molar-refractivity contribution in [2.45, 2.75) is 65.3 Å². The van der Waals surface area contributed by atoms with Crippen molar-refractivity contribution in [2.24, 2.45) is 11.3 Å². The van der Waals surface area contributed by atoms with E-state index in [1.807, 2.05) is 11.3 Å². The van der Waals surface area contributed by atoms with Gasteiger partial charge in [-0.15, -0.1) is 11.3 Å². The lowest BCUT2D eigenvalue weighted by atomic mass is 9.72. The Kier molecular flexibility index (Phi) is 5.95. The molecule has 1 aliphatic rings. The van der Waals surface area contributed by atoms with Gasteiger partial charge in [0.05, 0.1) is 5.02 Å². The highest BCUT2D eigenvalue weighted by molar-refractivity contribution is 7.10. The molecular weight excluding hydrogens is 286 g/mol. The van der Waals surface area contributed by atoms with E-state index >= 15 is 0 Å². The second kappa shape index (κ2) is 7.29. The van der Waals surface area contributed by atoms with Crippen LogP contribution >= 0.6 is 22.9 Å². The van der Waals surface area contributed by atoms with Gasteiger partial charge in [-0.2, -0.15) is 0 Å². The Balaban J connectivity index is 2.29. The van der Waals surface area contributed by atoms with Crippen molar-refractivity contribution in [3.63, 3.8) is 0 Å². The van der Waals surface area contributed by atoms with E-state index in [9.17, 15) is 0 Å². The lowest BCUT2D eigenvalue weighted by Crippen LogP contribution is -2.37. The summed E-state index contributed by atoms with van der Waals surface area (Å²) in [6.07, 6.45) is 7.93. The third kappa shape index (κ3) is 3.58. The molecule has 114 valence electrons. The Morgan fingerprint density at radius 2 is 2.05 bits per heavy atom. The fourth-order valence-electron chi connectivity index (χ4n) is 3.89. The maximum absolute atomic E-state index is 6.46. The van der Waals surface area contributed by atoms with Crippen LogP contribution in [-0.4, -0.2) is 6.54 Å². The van der Waals surface area contributed by atoms with Crippen LogP contribution in [0.2, 0.25) is 5.02 Å². The molecule has 1 aromatic rings. The Bertz CT molecular complexity index is 407. The number of hydrogen-bond donors (Lipinski definition) is 1. The van der Waals surface area contributed by atoms with Crippen molar-refractivity contribution in [3.05, 3.63) is 21.3 Å². The molecule has 1 heterocycles. The molecule has 1 saturated carbocycles. The van der Waals surface area contributed by atoms with E-state index in [2.05, 4.69) is 37.5 Å². The summed E-state index contributed by atoms with van der Waals surface area (Å²) in [4.78, 5) is 1.36. The summed E-state index contributed by atoms with van der Waals surface area (Å²) in [7, 11) is 0. The van der Waals surface area contributed by atoms with Crippen molar-refractivity contribution in [1.29, 1.82) is 0 Å². The first-order chi connectivity index (χ1) is 9.59. The van der Waals surface area contributed by atoms with Gasteiger partial charge in [-0.3, -0.25) is 0 Å². The third-order valence-corrected chi connectivity index (χ3v) is 5.96. The summed E-state index contributed by atoms with van der Waals surface area (Å²) in [6.45, 7) is 8.03. The molecule has 1 aromatic heterocycles. The monoisotopic (exact) mass is 313 g/mol. The smallest absolute Gasteiger partial charge is 0.0561 e. The normalized spacial score (nSPS) is 19.6. The van der Waals surface area contributed by atoms with E-state index < -0.39 is 0 Å². The number of nitrogens with one attached hydrogen (secondary N) is 1. The summed E-state index contributed by atoms with van der Waals surface area (Å²) < 4.78 is 0. The Labute approximate surface area is 133 Å². The minimum Gasteiger partial charge on any atom is -0.309 e. The van der Waals surface area contributed by atoms with Gasteiger partial charge >= 0.3 is 0 Å². The largest absolute Gasteiger partial charge is 0.309 e. The molecule has 2 rings (SSSR count). The SMILES string of the molecule is CCCNC(c1sccc1Cl)C1(CC(C)C)CCCC1. The van der Waals surface area contributed by atoms with E-state index in [-0.39, 0.29) is 0 Å². The van der Waals surface area contributed by atoms with Gasteiger partial charge in [0, 0.05) is 10.9 Å². The first kappa shape index (κ1) is 16.3. The average molecular weight is 314 g/mol. The van der Waals surface area contributed by atoms with Crippen LogP contribution in [0.3, 0.4) is 0 Å². The first-order valence-electron chi connectivity index (χ1n) is 8.05. The van der Waals surface area contributed by atoms with Gasteiger partial charge in [0.15, 0.2) is 0 Å². The predicted molar refractivity (Wildman–Crippen MR) is 90.7 cm³/mol. The van der Waals surface area contributed by atoms with Gasteiger partial charge in [-0.1, -0.05) is 45.2 Å². The first-order valence-corrected chi connectivity index (χ1v) is 9.31. The molecule has 0 bridgehead atoms. The summed E-state index contributed by atoms with van der Waals surface area (Å²) in [5, 5.41) is 6.92. The maximum Gasteiger partial charge on any atom is 0.0561 e. The van der Waals surface area contributed by atoms with Crippen LogP contribution in [0.4, 0.5) is 0 Å². The zero-order valence-electron chi connectivity index (χ0n) is 13.0. The van der Waals surface area contributed by atoms with Crippen LogP contribution in [-0.2, 0) is 0 Å². The second-order valence-electron chi connectivity index (χ2n) is 6.69. The van der Waals surface area contributed by atoms with E-state index in [0.29, 0.717) is 11.5 Å². The van der Waals surface area contributed by atoms with Crippen LogP contribution in [0.25, 0.3) is 0 Å². The standard InChI is InChI=1S/C17H28ClNS/c1-4-10-19-16(15-14(18)7-11-20-15)17(12-13(2)3)8-5-6-9-17/h7,11,13,16,19H,4-6,8-10,12H2,1-3H3. The molecule has 0 amide bonds. The van der Waals surface area contributed by atoms with Gasteiger partial charge in [0.1, 0.15) is 0 Å². The fourth-order valence-corrected chi connectivity index (χ4v) is 5.27. The highest BCUT2D eigenvalue weighted by atomic mass is 35.5. The Morgan fingerprint density at radius 1 is 1.35 bits per heavy atom. The molecule has 0 aliphatic heterocycles. The van der Waals surface area contributed by atoms with Crippen LogP contribution in [0.15, 0.2) is 11.4 Å². The highest BCUT2D eigenvalue weighted by Gasteiger charge is 2.43. The van der Waals surface area contributed by atoms with Crippen molar-refractivity contribution >= 4 is 22.9 Å². The average Bonchev–Trinajstić information content (AvgIpc) is 3.00. The van der Waals surface area contributed by atoms with Crippen molar-refractivity contribution in [2.75, 3.05) is 6.54 Å². The lowest BCUT2D eigenvalue weighted by Gasteiger charge is -2.39. The van der Waals surface area contributed by atoms with Crippen LogP contribution in [0, 0.1) is 11.3 Å². The van der Waals surface area contributed by atoms with E-state index in [0.717, 1.165) is 17.5 Å². The molecule has 0 aromatic carbocycles. The van der Waals surface area contributed by atoms with Gasteiger partial charge in [0.25, 0.3) is 0 Å². The number of thiophene rings is 1. The molecule has 0 spiro atoms. The topological polar surface area (TPSA) is 12.0 Å². The van der Waals surface area contributed by atoms with E-state index in [1.54, 1.807) is 0 Å². The van der Waals surface area contributed by atoms with Gasteiger partial charge < -0.3 is 5.32 Å². The molecule has 1 nitrogen and oxygen atoms in total. The number of rotatable bonds is 7. The van der Waals surface area contributed by atoms with Gasteiger partial charge in [-0.25, -0.2) is 0 Å². The summed E-state index contributed by atoms with van der Waals surface area (Å²) >= 11 is 8.29. The predicted octanol–water partition coefficient (Wildman–Crippen LogP) is 6.05. The van der Waals surface area contributed by atoms with Crippen LogP contribution in [0.5, 0.6) is 0 Å².